The van der Waals surface area contributed by atoms with Crippen molar-refractivity contribution in [2.45, 2.75) is 26.0 Å². The van der Waals surface area contributed by atoms with E-state index in [0.29, 0.717) is 34.5 Å². The molecule has 4 aromatic rings. The molecule has 0 unspecified atom stereocenters. The monoisotopic (exact) mass is 435 g/mol. The number of likely N-dealkylation sites (N-methyl/N-ethyl adjacent to an activating group) is 1. The number of benzene rings is 3. The van der Waals surface area contributed by atoms with Gasteiger partial charge in [0.25, 0.3) is 5.91 Å². The summed E-state index contributed by atoms with van der Waals surface area (Å²) < 4.78 is 11.3. The lowest BCUT2D eigenvalue weighted by Crippen LogP contribution is -2.39. The van der Waals surface area contributed by atoms with Crippen LogP contribution in [0, 0.1) is 0 Å². The third-order valence-corrected chi connectivity index (χ3v) is 5.31. The van der Waals surface area contributed by atoms with Crippen molar-refractivity contribution in [1.82, 2.24) is 15.0 Å². The van der Waals surface area contributed by atoms with Gasteiger partial charge in [-0.1, -0.05) is 66.1 Å². The summed E-state index contributed by atoms with van der Waals surface area (Å²) in [6.45, 7) is 2.09. The molecule has 1 aromatic heterocycles. The number of fused-ring (bicyclic) bond motifs is 1. The number of carbonyl (C=O) groups excluding carboxylic acids is 1. The molecular formula is C24H22ClN3O3. The van der Waals surface area contributed by atoms with Crippen molar-refractivity contribution in [1.29, 1.82) is 0 Å². The Morgan fingerprint density at radius 3 is 2.61 bits per heavy atom. The summed E-state index contributed by atoms with van der Waals surface area (Å²) in [6, 6.07) is 21.1. The highest BCUT2D eigenvalue weighted by atomic mass is 35.5. The zero-order valence-electron chi connectivity index (χ0n) is 17.3. The van der Waals surface area contributed by atoms with Crippen molar-refractivity contribution in [3.63, 3.8) is 0 Å². The van der Waals surface area contributed by atoms with Gasteiger partial charge in [-0.15, -0.1) is 0 Å². The zero-order chi connectivity index (χ0) is 21.8. The van der Waals surface area contributed by atoms with Crippen LogP contribution in [0.4, 0.5) is 0 Å². The topological polar surface area (TPSA) is 68.5 Å². The highest BCUT2D eigenvalue weighted by Gasteiger charge is 2.24. The first kappa shape index (κ1) is 20.9. The Morgan fingerprint density at radius 2 is 1.84 bits per heavy atom. The number of ether oxygens (including phenoxy) is 1. The molecule has 6 nitrogen and oxygen atoms in total. The van der Waals surface area contributed by atoms with Gasteiger partial charge in [-0.3, -0.25) is 4.79 Å². The standard InChI is InChI=1S/C24H22ClN3O3/c1-3-21(30-18-13-12-16-8-4-5-9-17(16)14-18)24(29)28(2)15-22-26-23(27-31-22)19-10-6-7-11-20(19)25/h4-14,21H,3,15H2,1-2H3/t21-/m1/s1. The van der Waals surface area contributed by atoms with Crippen molar-refractivity contribution in [2.24, 2.45) is 0 Å². The molecule has 0 aliphatic heterocycles. The molecule has 4 rings (SSSR count). The number of carbonyl (C=O) groups is 1. The molecule has 0 aliphatic rings. The molecule has 0 saturated carbocycles. The number of hydrogen-bond acceptors (Lipinski definition) is 5. The van der Waals surface area contributed by atoms with E-state index in [2.05, 4.69) is 10.1 Å². The van der Waals surface area contributed by atoms with Crippen molar-refractivity contribution >= 4 is 28.3 Å². The Hall–Kier alpha value is -3.38. The summed E-state index contributed by atoms with van der Waals surface area (Å²) in [5.74, 6) is 1.21. The molecule has 0 N–H and O–H groups in total. The lowest BCUT2D eigenvalue weighted by Gasteiger charge is -2.22. The van der Waals surface area contributed by atoms with Crippen molar-refractivity contribution in [3.8, 4) is 17.1 Å². The van der Waals surface area contributed by atoms with Gasteiger partial charge in [0, 0.05) is 12.6 Å². The second-order valence-electron chi connectivity index (χ2n) is 7.21. The molecule has 7 heteroatoms. The van der Waals surface area contributed by atoms with Gasteiger partial charge in [0.05, 0.1) is 11.6 Å². The van der Waals surface area contributed by atoms with Crippen LogP contribution in [0.1, 0.15) is 19.2 Å². The number of aromatic nitrogens is 2. The minimum absolute atomic E-state index is 0.159. The van der Waals surface area contributed by atoms with Crippen LogP contribution in [0.3, 0.4) is 0 Å². The fraction of sp³-hybridized carbons (Fsp3) is 0.208. The molecule has 158 valence electrons. The maximum atomic E-state index is 13.0. The first-order valence-corrected chi connectivity index (χ1v) is 10.4. The molecule has 3 aromatic carbocycles. The average Bonchev–Trinajstić information content (AvgIpc) is 3.25. The number of halogens is 1. The van der Waals surface area contributed by atoms with Crippen LogP contribution in [0.5, 0.6) is 5.75 Å². The highest BCUT2D eigenvalue weighted by Crippen LogP contribution is 2.25. The molecule has 1 heterocycles. The Labute approximate surface area is 185 Å². The van der Waals surface area contributed by atoms with Gasteiger partial charge in [-0.05, 0) is 41.5 Å². The molecule has 31 heavy (non-hydrogen) atoms. The van der Waals surface area contributed by atoms with Crippen LogP contribution in [0.15, 0.2) is 71.3 Å². The summed E-state index contributed by atoms with van der Waals surface area (Å²) in [5.41, 5.74) is 0.680. The number of nitrogens with zero attached hydrogens (tertiary/aromatic N) is 3. The van der Waals surface area contributed by atoms with E-state index >= 15 is 0 Å². The first-order valence-electron chi connectivity index (χ1n) is 10.0. The molecule has 1 atom stereocenters. The summed E-state index contributed by atoms with van der Waals surface area (Å²) in [7, 11) is 1.69. The van der Waals surface area contributed by atoms with Crippen molar-refractivity contribution in [2.75, 3.05) is 7.05 Å². The van der Waals surface area contributed by atoms with Gasteiger partial charge < -0.3 is 14.2 Å². The van der Waals surface area contributed by atoms with Gasteiger partial charge >= 0.3 is 0 Å². The van der Waals surface area contributed by atoms with Gasteiger partial charge in [-0.2, -0.15) is 4.98 Å². The average molecular weight is 436 g/mol. The lowest BCUT2D eigenvalue weighted by atomic mass is 10.1. The number of amides is 1. The Morgan fingerprint density at radius 1 is 1.10 bits per heavy atom. The summed E-state index contributed by atoms with van der Waals surface area (Å²) in [5, 5.41) is 6.70. The van der Waals surface area contributed by atoms with Gasteiger partial charge in [0.2, 0.25) is 11.7 Å². The quantitative estimate of drug-likeness (QED) is 0.391. The molecule has 0 radical (unpaired) electrons. The molecular weight excluding hydrogens is 414 g/mol. The zero-order valence-corrected chi connectivity index (χ0v) is 18.0. The summed E-state index contributed by atoms with van der Waals surface area (Å²) in [6.07, 6.45) is -0.0813. The van der Waals surface area contributed by atoms with E-state index in [1.807, 2.05) is 67.6 Å². The lowest BCUT2D eigenvalue weighted by molar-refractivity contribution is -0.138. The van der Waals surface area contributed by atoms with Crippen LogP contribution in [-0.2, 0) is 11.3 Å². The van der Waals surface area contributed by atoms with Crippen LogP contribution >= 0.6 is 11.6 Å². The Bertz CT molecular complexity index is 1210. The van der Waals surface area contributed by atoms with Crippen molar-refractivity contribution in [3.05, 3.63) is 77.6 Å². The summed E-state index contributed by atoms with van der Waals surface area (Å²) >= 11 is 6.20. The van der Waals surface area contributed by atoms with Crippen molar-refractivity contribution < 1.29 is 14.1 Å². The SMILES string of the molecule is CC[C@@H](Oc1ccc2ccccc2c1)C(=O)N(C)Cc1nc(-c2ccccc2Cl)no1. The van der Waals surface area contributed by atoms with E-state index in [1.165, 1.54) is 4.90 Å². The van der Waals surface area contributed by atoms with E-state index in [9.17, 15) is 4.79 Å². The van der Waals surface area contributed by atoms with Gasteiger partial charge in [-0.25, -0.2) is 0 Å². The number of rotatable bonds is 7. The fourth-order valence-electron chi connectivity index (χ4n) is 3.31. The second-order valence-corrected chi connectivity index (χ2v) is 7.62. The van der Waals surface area contributed by atoms with Crippen LogP contribution < -0.4 is 4.74 Å². The molecule has 0 fully saturated rings. The smallest absolute Gasteiger partial charge is 0.263 e. The fourth-order valence-corrected chi connectivity index (χ4v) is 3.53. The van der Waals surface area contributed by atoms with Crippen LogP contribution in [0.2, 0.25) is 5.02 Å². The van der Waals surface area contributed by atoms with Gasteiger partial charge in [0.1, 0.15) is 5.75 Å². The highest BCUT2D eigenvalue weighted by molar-refractivity contribution is 6.33. The molecule has 0 bridgehead atoms. The third kappa shape index (κ3) is 4.70. The number of hydrogen-bond donors (Lipinski definition) is 0. The molecule has 1 amide bonds. The van der Waals surface area contributed by atoms with E-state index < -0.39 is 6.10 Å². The van der Waals surface area contributed by atoms with Crippen LogP contribution in [-0.4, -0.2) is 34.1 Å². The minimum Gasteiger partial charge on any atom is -0.481 e. The summed E-state index contributed by atoms with van der Waals surface area (Å²) in [4.78, 5) is 18.9. The Kier molecular flexibility index (Phi) is 6.18. The Balaban J connectivity index is 1.44. The normalized spacial score (nSPS) is 12.0. The van der Waals surface area contributed by atoms with E-state index in [0.717, 1.165) is 10.8 Å². The second kappa shape index (κ2) is 9.18. The minimum atomic E-state index is -0.614. The van der Waals surface area contributed by atoms with E-state index in [4.69, 9.17) is 20.9 Å². The largest absolute Gasteiger partial charge is 0.481 e. The van der Waals surface area contributed by atoms with E-state index in [1.54, 1.807) is 13.1 Å². The maximum Gasteiger partial charge on any atom is 0.263 e. The van der Waals surface area contributed by atoms with Gasteiger partial charge in [0.15, 0.2) is 6.10 Å². The van der Waals surface area contributed by atoms with E-state index in [-0.39, 0.29) is 12.5 Å². The predicted molar refractivity (Wildman–Crippen MR) is 120 cm³/mol. The third-order valence-electron chi connectivity index (χ3n) is 4.98. The van der Waals surface area contributed by atoms with Crippen LogP contribution in [0.25, 0.3) is 22.2 Å². The molecule has 0 spiro atoms. The first-order chi connectivity index (χ1) is 15.0. The molecule has 0 saturated heterocycles. The predicted octanol–water partition coefficient (Wildman–Crippen LogP) is 5.36. The molecule has 0 aliphatic carbocycles. The maximum absolute atomic E-state index is 13.0.